The summed E-state index contributed by atoms with van der Waals surface area (Å²) < 4.78 is 6.03. The lowest BCUT2D eigenvalue weighted by Gasteiger charge is -2.16. The van der Waals surface area contributed by atoms with Gasteiger partial charge in [0.05, 0.1) is 22.4 Å². The van der Waals surface area contributed by atoms with Crippen molar-refractivity contribution in [2.45, 2.75) is 0 Å². The van der Waals surface area contributed by atoms with Gasteiger partial charge in [-0.05, 0) is 68.8 Å². The summed E-state index contributed by atoms with van der Waals surface area (Å²) in [5, 5.41) is 0. The van der Waals surface area contributed by atoms with Gasteiger partial charge in [-0.15, -0.1) is 0 Å². The minimum atomic E-state index is 0.616. The summed E-state index contributed by atoms with van der Waals surface area (Å²) in [6.45, 7) is 0. The fourth-order valence-electron chi connectivity index (χ4n) is 8.17. The first kappa shape index (κ1) is 35.9. The minimum Gasteiger partial charge on any atom is -0.436 e. The van der Waals surface area contributed by atoms with E-state index in [1.807, 2.05) is 42.5 Å². The molecule has 0 aliphatic heterocycles. The highest BCUT2D eigenvalue weighted by molar-refractivity contribution is 6.03. The van der Waals surface area contributed by atoms with Crippen LogP contribution in [0.1, 0.15) is 0 Å². The third-order valence-electron chi connectivity index (χ3n) is 11.4. The molecule has 0 radical (unpaired) electrons. The quantitative estimate of drug-likeness (QED) is 0.154. The minimum absolute atomic E-state index is 0.616. The van der Waals surface area contributed by atoms with E-state index < -0.39 is 0 Å². The first-order valence-electron chi connectivity index (χ1n) is 20.5. The van der Waals surface area contributed by atoms with Crippen LogP contribution in [-0.4, -0.2) is 15.0 Å². The third kappa shape index (κ3) is 6.96. The van der Waals surface area contributed by atoms with Gasteiger partial charge in [0.1, 0.15) is 5.52 Å². The molecule has 0 unspecified atom stereocenters. The predicted molar refractivity (Wildman–Crippen MR) is 251 cm³/mol. The molecule has 61 heavy (non-hydrogen) atoms. The molecule has 9 aromatic carbocycles. The fourth-order valence-corrected chi connectivity index (χ4v) is 8.17. The number of benzene rings is 9. The zero-order valence-electron chi connectivity index (χ0n) is 33.1. The van der Waals surface area contributed by atoms with E-state index in [9.17, 15) is 0 Å². The summed E-state index contributed by atoms with van der Waals surface area (Å²) in [6, 6.07) is 78.2. The Hall–Kier alpha value is -8.21. The Morgan fingerprint density at radius 2 is 0.574 bits per heavy atom. The molecule has 286 valence electrons. The third-order valence-corrected chi connectivity index (χ3v) is 11.4. The van der Waals surface area contributed by atoms with E-state index in [0.29, 0.717) is 5.89 Å². The largest absolute Gasteiger partial charge is 0.436 e. The van der Waals surface area contributed by atoms with Crippen LogP contribution in [0.5, 0.6) is 0 Å². The normalized spacial score (nSPS) is 11.3. The number of hydrogen-bond acceptors (Lipinski definition) is 4. The molecular formula is C57H37N3O. The molecule has 4 nitrogen and oxygen atoms in total. The summed E-state index contributed by atoms with van der Waals surface area (Å²) in [4.78, 5) is 15.9. The van der Waals surface area contributed by atoms with E-state index in [0.717, 1.165) is 83.6 Å². The van der Waals surface area contributed by atoms with Gasteiger partial charge in [0.2, 0.25) is 5.89 Å². The Morgan fingerprint density at radius 3 is 1.02 bits per heavy atom. The lowest BCUT2D eigenvalue weighted by molar-refractivity contribution is 0.620. The second-order valence-electron chi connectivity index (χ2n) is 15.2. The van der Waals surface area contributed by atoms with Crippen molar-refractivity contribution in [3.8, 4) is 89.6 Å². The van der Waals surface area contributed by atoms with E-state index in [1.54, 1.807) is 0 Å². The van der Waals surface area contributed by atoms with Crippen molar-refractivity contribution in [3.63, 3.8) is 0 Å². The smallest absolute Gasteiger partial charge is 0.227 e. The molecule has 2 aromatic heterocycles. The molecule has 0 saturated carbocycles. The van der Waals surface area contributed by atoms with Gasteiger partial charge in [0.15, 0.2) is 5.58 Å². The highest BCUT2D eigenvalue weighted by atomic mass is 16.3. The topological polar surface area (TPSA) is 51.8 Å². The van der Waals surface area contributed by atoms with Crippen LogP contribution in [0.4, 0.5) is 0 Å². The van der Waals surface area contributed by atoms with Crippen molar-refractivity contribution in [2.75, 3.05) is 0 Å². The highest BCUT2D eigenvalue weighted by Crippen LogP contribution is 2.40. The zero-order valence-corrected chi connectivity index (χ0v) is 33.1. The lowest BCUT2D eigenvalue weighted by atomic mass is 9.94. The molecular weight excluding hydrogens is 743 g/mol. The maximum absolute atomic E-state index is 6.03. The number of hydrogen-bond donors (Lipinski definition) is 0. The number of oxazole rings is 1. The maximum atomic E-state index is 6.03. The van der Waals surface area contributed by atoms with Gasteiger partial charge in [0.25, 0.3) is 0 Å². The van der Waals surface area contributed by atoms with Crippen LogP contribution in [0.15, 0.2) is 229 Å². The Bertz CT molecular complexity index is 3250. The van der Waals surface area contributed by atoms with Crippen molar-refractivity contribution in [1.29, 1.82) is 0 Å². The molecule has 0 fully saturated rings. The number of nitrogens with zero attached hydrogens (tertiary/aromatic N) is 3. The monoisotopic (exact) mass is 779 g/mol. The molecule has 0 atom stereocenters. The van der Waals surface area contributed by atoms with Crippen molar-refractivity contribution >= 4 is 22.1 Å². The van der Waals surface area contributed by atoms with Crippen molar-refractivity contribution in [3.05, 3.63) is 224 Å². The van der Waals surface area contributed by atoms with Gasteiger partial charge in [-0.25, -0.2) is 15.0 Å². The van der Waals surface area contributed by atoms with E-state index >= 15 is 0 Å². The van der Waals surface area contributed by atoms with Crippen LogP contribution >= 0.6 is 0 Å². The summed E-state index contributed by atoms with van der Waals surface area (Å²) in [6.07, 6.45) is 0. The van der Waals surface area contributed by atoms with Crippen LogP contribution in [0.3, 0.4) is 0 Å². The SMILES string of the molecule is c1ccc(-c2ccc(-c3ccc(-c4ccc(-c5ccccc5)cc4)c4nc(-c5ccc(-c6ccc(-c7nc8ccccc8o7)cc6)cc5)c(-c5ccccc5)nc34)cc2)cc1. The Balaban J connectivity index is 1.03. The van der Waals surface area contributed by atoms with E-state index in [4.69, 9.17) is 14.4 Å². The summed E-state index contributed by atoms with van der Waals surface area (Å²) >= 11 is 0. The van der Waals surface area contributed by atoms with Gasteiger partial charge in [-0.1, -0.05) is 200 Å². The fraction of sp³-hybridized carbons (Fsp3) is 0. The van der Waals surface area contributed by atoms with Crippen molar-refractivity contribution in [1.82, 2.24) is 15.0 Å². The van der Waals surface area contributed by atoms with E-state index in [2.05, 4.69) is 187 Å². The summed E-state index contributed by atoms with van der Waals surface area (Å²) in [5.41, 5.74) is 19.1. The molecule has 0 aliphatic rings. The molecule has 0 amide bonds. The molecule has 0 N–H and O–H groups in total. The number of rotatable bonds is 8. The average molecular weight is 780 g/mol. The highest BCUT2D eigenvalue weighted by Gasteiger charge is 2.20. The number of aromatic nitrogens is 3. The standard InChI is InChI=1S/C57H37N3O/c1-4-12-38(13-5-1)40-20-28-44(29-21-40)49-36-37-50(45-30-22-41(23-31-45)39-14-6-2-7-15-39)56-55(49)59-53(46-16-8-3-9-17-46)54(60-56)47-32-24-42(25-33-47)43-26-34-48(35-27-43)57-58-51-18-10-11-19-52(51)61-57/h1-37H. The Kier molecular flexibility index (Phi) is 9.14. The van der Waals surface area contributed by atoms with Gasteiger partial charge in [-0.3, -0.25) is 0 Å². The van der Waals surface area contributed by atoms with Crippen molar-refractivity contribution < 1.29 is 4.42 Å². The first-order valence-corrected chi connectivity index (χ1v) is 20.5. The van der Waals surface area contributed by atoms with Gasteiger partial charge in [0, 0.05) is 27.8 Å². The van der Waals surface area contributed by atoms with E-state index in [-0.39, 0.29) is 0 Å². The lowest BCUT2D eigenvalue weighted by Crippen LogP contribution is -1.99. The molecule has 0 spiro atoms. The number of para-hydroxylation sites is 2. The van der Waals surface area contributed by atoms with Gasteiger partial charge in [-0.2, -0.15) is 0 Å². The van der Waals surface area contributed by atoms with Crippen LogP contribution in [0.25, 0.3) is 112 Å². The second kappa shape index (κ2) is 15.5. The van der Waals surface area contributed by atoms with Crippen molar-refractivity contribution in [2.24, 2.45) is 0 Å². The predicted octanol–water partition coefficient (Wildman–Crippen LogP) is 15.1. The molecule has 11 aromatic rings. The maximum Gasteiger partial charge on any atom is 0.227 e. The molecule has 0 saturated heterocycles. The Morgan fingerprint density at radius 1 is 0.246 bits per heavy atom. The summed E-state index contributed by atoms with van der Waals surface area (Å²) in [5.74, 6) is 0.616. The Labute approximate surface area is 354 Å². The molecule has 0 aliphatic carbocycles. The van der Waals surface area contributed by atoms with Crippen LogP contribution < -0.4 is 0 Å². The van der Waals surface area contributed by atoms with E-state index in [1.165, 1.54) is 22.3 Å². The van der Waals surface area contributed by atoms with Crippen LogP contribution in [0.2, 0.25) is 0 Å². The second-order valence-corrected chi connectivity index (χ2v) is 15.2. The average Bonchev–Trinajstić information content (AvgIpc) is 3.79. The summed E-state index contributed by atoms with van der Waals surface area (Å²) in [7, 11) is 0. The van der Waals surface area contributed by atoms with Gasteiger partial charge >= 0.3 is 0 Å². The van der Waals surface area contributed by atoms with Gasteiger partial charge < -0.3 is 4.42 Å². The zero-order chi connectivity index (χ0) is 40.5. The number of fused-ring (bicyclic) bond motifs is 2. The molecule has 2 heterocycles. The van der Waals surface area contributed by atoms with Crippen LogP contribution in [0, 0.1) is 0 Å². The first-order chi connectivity index (χ1) is 30.2. The molecule has 11 rings (SSSR count). The van der Waals surface area contributed by atoms with Crippen LogP contribution in [-0.2, 0) is 0 Å². The molecule has 0 bridgehead atoms. The molecule has 4 heteroatoms.